The van der Waals surface area contributed by atoms with Crippen LogP contribution in [0.15, 0.2) is 59.1 Å². The average Bonchev–Trinajstić information content (AvgIpc) is 3.09. The third kappa shape index (κ3) is 4.83. The van der Waals surface area contributed by atoms with Crippen LogP contribution in [0.4, 0.5) is 0 Å². The van der Waals surface area contributed by atoms with Crippen molar-refractivity contribution < 1.29 is 4.52 Å². The van der Waals surface area contributed by atoms with Gasteiger partial charge in [0.05, 0.1) is 0 Å². The van der Waals surface area contributed by atoms with Crippen molar-refractivity contribution in [3.05, 3.63) is 65.9 Å². The van der Waals surface area contributed by atoms with Crippen LogP contribution in [0.1, 0.15) is 44.9 Å². The summed E-state index contributed by atoms with van der Waals surface area (Å²) in [5.41, 5.74) is 11.7. The van der Waals surface area contributed by atoms with Crippen molar-refractivity contribution in [3.8, 4) is 22.4 Å². The Kier molecular flexibility index (Phi) is 5.58. The first kappa shape index (κ1) is 18.4. The van der Waals surface area contributed by atoms with Crippen LogP contribution in [0.25, 0.3) is 22.4 Å². The number of benzene rings is 2. The summed E-state index contributed by atoms with van der Waals surface area (Å²) in [4.78, 5) is 0. The van der Waals surface area contributed by atoms with Crippen LogP contribution < -0.4 is 5.73 Å². The zero-order valence-corrected chi connectivity index (χ0v) is 16.0. The predicted octanol–water partition coefficient (Wildman–Crippen LogP) is 5.63. The molecule has 2 N–H and O–H groups in total. The van der Waals surface area contributed by atoms with Gasteiger partial charge in [0.25, 0.3) is 0 Å². The Morgan fingerprint density at radius 1 is 0.885 bits per heavy atom. The second kappa shape index (κ2) is 7.88. The van der Waals surface area contributed by atoms with E-state index in [9.17, 15) is 0 Å². The third-order valence-electron chi connectivity index (χ3n) is 4.58. The SMILES string of the molecule is CCCc1cc(-c2ccc(-c3ccc(CCC(C)(C)N)cc3)cc2)no1. The summed E-state index contributed by atoms with van der Waals surface area (Å²) in [6.07, 6.45) is 3.98. The second-order valence-corrected chi connectivity index (χ2v) is 7.69. The van der Waals surface area contributed by atoms with Gasteiger partial charge in [-0.25, -0.2) is 0 Å². The Hall–Kier alpha value is -2.39. The topological polar surface area (TPSA) is 52.0 Å². The fraction of sp³-hybridized carbons (Fsp3) is 0.348. The summed E-state index contributed by atoms with van der Waals surface area (Å²) in [5.74, 6) is 0.947. The molecule has 0 unspecified atom stereocenters. The lowest BCUT2D eigenvalue weighted by atomic mass is 9.95. The van der Waals surface area contributed by atoms with Crippen molar-refractivity contribution in [2.24, 2.45) is 5.73 Å². The van der Waals surface area contributed by atoms with Crippen LogP contribution in [0.3, 0.4) is 0 Å². The van der Waals surface area contributed by atoms with E-state index in [0.717, 1.165) is 42.7 Å². The molecule has 2 aromatic carbocycles. The van der Waals surface area contributed by atoms with Gasteiger partial charge in [-0.05, 0) is 49.8 Å². The van der Waals surface area contributed by atoms with Gasteiger partial charge in [0, 0.05) is 23.6 Å². The molecule has 0 fully saturated rings. The van der Waals surface area contributed by atoms with E-state index in [0.29, 0.717) is 0 Å². The van der Waals surface area contributed by atoms with Gasteiger partial charge >= 0.3 is 0 Å². The van der Waals surface area contributed by atoms with E-state index in [-0.39, 0.29) is 5.54 Å². The van der Waals surface area contributed by atoms with Gasteiger partial charge in [0.2, 0.25) is 0 Å². The Morgan fingerprint density at radius 2 is 1.46 bits per heavy atom. The van der Waals surface area contributed by atoms with Crippen molar-refractivity contribution in [1.29, 1.82) is 0 Å². The molecule has 0 atom stereocenters. The highest BCUT2D eigenvalue weighted by atomic mass is 16.5. The molecule has 26 heavy (non-hydrogen) atoms. The van der Waals surface area contributed by atoms with Gasteiger partial charge < -0.3 is 10.3 Å². The first-order valence-electron chi connectivity index (χ1n) is 9.39. The molecular formula is C23H28N2O. The van der Waals surface area contributed by atoms with Crippen molar-refractivity contribution in [1.82, 2.24) is 5.16 Å². The maximum absolute atomic E-state index is 6.07. The molecule has 0 spiro atoms. The summed E-state index contributed by atoms with van der Waals surface area (Å²) in [7, 11) is 0. The van der Waals surface area contributed by atoms with Gasteiger partial charge in [-0.2, -0.15) is 0 Å². The summed E-state index contributed by atoms with van der Waals surface area (Å²) in [6.45, 7) is 6.28. The molecule has 1 aromatic heterocycles. The van der Waals surface area contributed by atoms with Crippen LogP contribution in [0.2, 0.25) is 0 Å². The molecule has 136 valence electrons. The molecule has 0 aliphatic rings. The quantitative estimate of drug-likeness (QED) is 0.602. The second-order valence-electron chi connectivity index (χ2n) is 7.69. The molecule has 0 bridgehead atoms. The highest BCUT2D eigenvalue weighted by Gasteiger charge is 2.10. The van der Waals surface area contributed by atoms with E-state index < -0.39 is 0 Å². The predicted molar refractivity (Wildman–Crippen MR) is 108 cm³/mol. The van der Waals surface area contributed by atoms with Crippen molar-refractivity contribution >= 4 is 0 Å². The fourth-order valence-corrected chi connectivity index (χ4v) is 2.98. The van der Waals surface area contributed by atoms with Gasteiger partial charge in [0.1, 0.15) is 11.5 Å². The first-order valence-corrected chi connectivity index (χ1v) is 9.39. The Bertz CT molecular complexity index is 824. The largest absolute Gasteiger partial charge is 0.361 e. The van der Waals surface area contributed by atoms with Gasteiger partial charge in [-0.15, -0.1) is 0 Å². The smallest absolute Gasteiger partial charge is 0.137 e. The van der Waals surface area contributed by atoms with E-state index in [1.54, 1.807) is 0 Å². The first-order chi connectivity index (χ1) is 12.4. The highest BCUT2D eigenvalue weighted by Crippen LogP contribution is 2.25. The zero-order valence-electron chi connectivity index (χ0n) is 16.0. The molecule has 1 heterocycles. The number of nitrogens with two attached hydrogens (primary N) is 1. The molecule has 3 nitrogen and oxygen atoms in total. The lowest BCUT2D eigenvalue weighted by molar-refractivity contribution is 0.384. The molecule has 3 aromatic rings. The molecule has 0 saturated heterocycles. The lowest BCUT2D eigenvalue weighted by Crippen LogP contribution is -2.32. The average molecular weight is 348 g/mol. The van der Waals surface area contributed by atoms with E-state index in [1.165, 1.54) is 16.7 Å². The number of hydrogen-bond acceptors (Lipinski definition) is 3. The van der Waals surface area contributed by atoms with E-state index >= 15 is 0 Å². The highest BCUT2D eigenvalue weighted by molar-refractivity contribution is 5.68. The number of hydrogen-bond donors (Lipinski definition) is 1. The molecule has 0 aliphatic carbocycles. The number of aromatic nitrogens is 1. The van der Waals surface area contributed by atoms with Crippen molar-refractivity contribution in [2.45, 2.75) is 52.0 Å². The Labute approximate surface area is 156 Å². The summed E-state index contributed by atoms with van der Waals surface area (Å²) in [5, 5.41) is 4.17. The minimum absolute atomic E-state index is 0.118. The molecule has 0 radical (unpaired) electrons. The van der Waals surface area contributed by atoms with E-state index in [2.05, 4.69) is 74.5 Å². The summed E-state index contributed by atoms with van der Waals surface area (Å²) >= 11 is 0. The van der Waals surface area contributed by atoms with Crippen LogP contribution in [-0.4, -0.2) is 10.7 Å². The van der Waals surface area contributed by atoms with Crippen LogP contribution in [0.5, 0.6) is 0 Å². The minimum atomic E-state index is -0.118. The third-order valence-corrected chi connectivity index (χ3v) is 4.58. The lowest BCUT2D eigenvalue weighted by Gasteiger charge is -2.18. The standard InChI is InChI=1S/C23H28N2O/c1-4-5-21-16-22(25-26-21)20-12-10-19(11-13-20)18-8-6-17(7-9-18)14-15-23(2,3)24/h6-13,16H,4-5,14-15,24H2,1-3H3. The number of rotatable bonds is 7. The summed E-state index contributed by atoms with van der Waals surface area (Å²) in [6, 6.07) is 19.3. The van der Waals surface area contributed by atoms with Crippen LogP contribution in [0, 0.1) is 0 Å². The molecule has 3 rings (SSSR count). The summed E-state index contributed by atoms with van der Waals surface area (Å²) < 4.78 is 5.38. The monoisotopic (exact) mass is 348 g/mol. The molecular weight excluding hydrogens is 320 g/mol. The van der Waals surface area contributed by atoms with Crippen LogP contribution >= 0.6 is 0 Å². The maximum Gasteiger partial charge on any atom is 0.137 e. The normalized spacial score (nSPS) is 11.7. The molecule has 0 amide bonds. The van der Waals surface area contributed by atoms with Crippen LogP contribution in [-0.2, 0) is 12.8 Å². The molecule has 3 heteroatoms. The van der Waals surface area contributed by atoms with Gasteiger partial charge in [0.15, 0.2) is 0 Å². The fourth-order valence-electron chi connectivity index (χ4n) is 2.98. The Morgan fingerprint density at radius 3 is 2.04 bits per heavy atom. The molecule has 0 saturated carbocycles. The maximum atomic E-state index is 6.07. The number of aryl methyl sites for hydroxylation is 2. The minimum Gasteiger partial charge on any atom is -0.361 e. The van der Waals surface area contributed by atoms with E-state index in [4.69, 9.17) is 10.3 Å². The van der Waals surface area contributed by atoms with Crippen molar-refractivity contribution in [3.63, 3.8) is 0 Å². The van der Waals surface area contributed by atoms with E-state index in [1.807, 2.05) is 6.07 Å². The number of nitrogens with zero attached hydrogens (tertiary/aromatic N) is 1. The van der Waals surface area contributed by atoms with Gasteiger partial charge in [-0.3, -0.25) is 0 Å². The molecule has 0 aliphatic heterocycles. The van der Waals surface area contributed by atoms with Gasteiger partial charge in [-0.1, -0.05) is 60.6 Å². The van der Waals surface area contributed by atoms with Crippen molar-refractivity contribution in [2.75, 3.05) is 0 Å². The Balaban J connectivity index is 1.69. The zero-order chi connectivity index (χ0) is 18.6.